The summed E-state index contributed by atoms with van der Waals surface area (Å²) >= 11 is 0. The second kappa shape index (κ2) is 9.64. The zero-order valence-electron chi connectivity index (χ0n) is 14.1. The predicted molar refractivity (Wildman–Crippen MR) is 86.5 cm³/mol. The van der Waals surface area contributed by atoms with Crippen LogP contribution in [0, 0.1) is 11.7 Å². The minimum Gasteiger partial charge on any atom is -0.467 e. The topological polar surface area (TPSA) is 84.5 Å². The molecular formula is C17H23FN2O4. The number of esters is 1. The third kappa shape index (κ3) is 6.36. The summed E-state index contributed by atoms with van der Waals surface area (Å²) < 4.78 is 17.7. The number of nitrogens with one attached hydrogen (secondary N) is 2. The van der Waals surface area contributed by atoms with Crippen molar-refractivity contribution in [2.75, 3.05) is 13.7 Å². The first-order valence-corrected chi connectivity index (χ1v) is 7.75. The Balaban J connectivity index is 2.49. The summed E-state index contributed by atoms with van der Waals surface area (Å²) in [6.45, 7) is 3.45. The van der Waals surface area contributed by atoms with E-state index in [1.54, 1.807) is 6.07 Å². The van der Waals surface area contributed by atoms with E-state index in [-0.39, 0.29) is 18.9 Å². The number of halogens is 1. The van der Waals surface area contributed by atoms with Crippen LogP contribution in [0.25, 0.3) is 0 Å². The van der Waals surface area contributed by atoms with Crippen LogP contribution < -0.4 is 10.6 Å². The van der Waals surface area contributed by atoms with E-state index in [2.05, 4.69) is 15.4 Å². The van der Waals surface area contributed by atoms with Gasteiger partial charge in [-0.05, 0) is 23.6 Å². The van der Waals surface area contributed by atoms with Gasteiger partial charge in [-0.2, -0.15) is 0 Å². The van der Waals surface area contributed by atoms with Gasteiger partial charge in [0.25, 0.3) is 0 Å². The molecular weight excluding hydrogens is 315 g/mol. The van der Waals surface area contributed by atoms with Crippen LogP contribution in [0.1, 0.15) is 25.8 Å². The van der Waals surface area contributed by atoms with Crippen LogP contribution >= 0.6 is 0 Å². The Bertz CT molecular complexity index is 592. The monoisotopic (exact) mass is 338 g/mol. The summed E-state index contributed by atoms with van der Waals surface area (Å²) in [5.41, 5.74) is 0.514. The second-order valence-corrected chi connectivity index (χ2v) is 5.54. The number of ether oxygens (including phenoxy) is 1. The molecule has 7 heteroatoms. The van der Waals surface area contributed by atoms with Gasteiger partial charge in [0.1, 0.15) is 11.9 Å². The minimum atomic E-state index is -0.757. The summed E-state index contributed by atoms with van der Waals surface area (Å²) in [7, 11) is 1.25. The zero-order chi connectivity index (χ0) is 18.1. The number of methoxy groups -OCH3 is 1. The van der Waals surface area contributed by atoms with Gasteiger partial charge in [0.15, 0.2) is 0 Å². The van der Waals surface area contributed by atoms with Crippen LogP contribution in [0.5, 0.6) is 0 Å². The van der Waals surface area contributed by atoms with Crippen molar-refractivity contribution in [3.8, 4) is 0 Å². The normalized spacial score (nSPS) is 12.8. The van der Waals surface area contributed by atoms with E-state index in [0.29, 0.717) is 12.0 Å². The van der Waals surface area contributed by atoms with Gasteiger partial charge >= 0.3 is 5.97 Å². The van der Waals surface area contributed by atoms with Gasteiger partial charge in [-0.25, -0.2) is 9.18 Å². The summed E-state index contributed by atoms with van der Waals surface area (Å²) in [6.07, 6.45) is 0.656. The van der Waals surface area contributed by atoms with Crippen LogP contribution in [0.3, 0.4) is 0 Å². The molecule has 0 aliphatic heterocycles. The van der Waals surface area contributed by atoms with E-state index in [1.807, 2.05) is 13.8 Å². The average Bonchev–Trinajstić information content (AvgIpc) is 2.56. The fraction of sp³-hybridized carbons (Fsp3) is 0.471. The van der Waals surface area contributed by atoms with E-state index >= 15 is 0 Å². The maximum absolute atomic E-state index is 13.1. The Morgan fingerprint density at radius 2 is 1.96 bits per heavy atom. The molecule has 6 nitrogen and oxygen atoms in total. The molecule has 1 aromatic carbocycles. The number of carbonyl (C=O) groups excluding carboxylic acids is 3. The Labute approximate surface area is 140 Å². The molecule has 2 amide bonds. The molecule has 1 rings (SSSR count). The summed E-state index contributed by atoms with van der Waals surface area (Å²) in [6, 6.07) is 4.93. The molecule has 0 aromatic heterocycles. The molecule has 0 saturated carbocycles. The number of carbonyl (C=O) groups is 3. The molecule has 24 heavy (non-hydrogen) atoms. The molecule has 0 aliphatic carbocycles. The van der Waals surface area contributed by atoms with E-state index in [0.717, 1.165) is 0 Å². The maximum Gasteiger partial charge on any atom is 0.328 e. The number of amides is 2. The van der Waals surface area contributed by atoms with Gasteiger partial charge in [0, 0.05) is 0 Å². The Morgan fingerprint density at radius 1 is 1.25 bits per heavy atom. The maximum atomic E-state index is 13.1. The van der Waals surface area contributed by atoms with Crippen molar-refractivity contribution in [2.45, 2.75) is 32.7 Å². The second-order valence-electron chi connectivity index (χ2n) is 5.54. The predicted octanol–water partition coefficient (Wildman–Crippen LogP) is 1.19. The fourth-order valence-electron chi connectivity index (χ4n) is 2.09. The lowest BCUT2D eigenvalue weighted by atomic mass is 9.99. The average molecular weight is 338 g/mol. The van der Waals surface area contributed by atoms with Crippen LogP contribution in [0.4, 0.5) is 4.39 Å². The summed E-state index contributed by atoms with van der Waals surface area (Å²) in [5, 5.41) is 5.00. The molecule has 0 heterocycles. The number of hydrogen-bond donors (Lipinski definition) is 2. The molecule has 0 spiro atoms. The molecule has 0 saturated heterocycles. The first-order chi connectivity index (χ1) is 11.4. The van der Waals surface area contributed by atoms with Crippen molar-refractivity contribution >= 4 is 17.8 Å². The first-order valence-electron chi connectivity index (χ1n) is 7.75. The minimum absolute atomic E-state index is 0.0309. The quantitative estimate of drug-likeness (QED) is 0.697. The molecule has 2 atom stereocenters. The third-order valence-corrected chi connectivity index (χ3v) is 3.68. The van der Waals surface area contributed by atoms with Crippen LogP contribution in [0.2, 0.25) is 0 Å². The van der Waals surface area contributed by atoms with Crippen molar-refractivity contribution in [1.29, 1.82) is 0 Å². The zero-order valence-corrected chi connectivity index (χ0v) is 14.1. The standard InChI is InChI=1S/C17H23FN2O4/c1-4-11(2)16(17(23)24-3)20-15(22)10-19-14(21)9-12-6-5-7-13(18)8-12/h5-8,11,16H,4,9-10H2,1-3H3,(H,19,21)(H,20,22)/t11-,16+/m0/s1. The van der Waals surface area contributed by atoms with Crippen molar-refractivity contribution in [2.24, 2.45) is 5.92 Å². The lowest BCUT2D eigenvalue weighted by Crippen LogP contribution is -2.49. The molecule has 132 valence electrons. The lowest BCUT2D eigenvalue weighted by Gasteiger charge is -2.21. The molecule has 0 radical (unpaired) electrons. The van der Waals surface area contributed by atoms with Gasteiger partial charge in [-0.15, -0.1) is 0 Å². The van der Waals surface area contributed by atoms with E-state index in [1.165, 1.54) is 25.3 Å². The molecule has 0 bridgehead atoms. The summed E-state index contributed by atoms with van der Waals surface area (Å²) in [4.78, 5) is 35.4. The molecule has 2 N–H and O–H groups in total. The number of rotatable bonds is 8. The highest BCUT2D eigenvalue weighted by molar-refractivity contribution is 5.88. The van der Waals surface area contributed by atoms with E-state index in [4.69, 9.17) is 0 Å². The van der Waals surface area contributed by atoms with Crippen molar-refractivity contribution in [3.05, 3.63) is 35.6 Å². The van der Waals surface area contributed by atoms with Crippen LogP contribution in [-0.2, 0) is 25.5 Å². The third-order valence-electron chi connectivity index (χ3n) is 3.68. The highest BCUT2D eigenvalue weighted by Gasteiger charge is 2.26. The highest BCUT2D eigenvalue weighted by atomic mass is 19.1. The van der Waals surface area contributed by atoms with Crippen molar-refractivity contribution in [1.82, 2.24) is 10.6 Å². The molecule has 0 fully saturated rings. The van der Waals surface area contributed by atoms with Gasteiger partial charge in [-0.3, -0.25) is 9.59 Å². The van der Waals surface area contributed by atoms with Crippen LogP contribution in [0.15, 0.2) is 24.3 Å². The van der Waals surface area contributed by atoms with Gasteiger partial charge < -0.3 is 15.4 Å². The van der Waals surface area contributed by atoms with E-state index < -0.39 is 29.6 Å². The Hall–Kier alpha value is -2.44. The largest absolute Gasteiger partial charge is 0.467 e. The van der Waals surface area contributed by atoms with Crippen molar-refractivity contribution < 1.29 is 23.5 Å². The molecule has 0 unspecified atom stereocenters. The first kappa shape index (κ1) is 19.6. The lowest BCUT2D eigenvalue weighted by molar-refractivity contribution is -0.146. The number of hydrogen-bond acceptors (Lipinski definition) is 4. The summed E-state index contributed by atoms with van der Waals surface area (Å²) in [5.74, 6) is -1.94. The number of benzene rings is 1. The SMILES string of the molecule is CC[C@H](C)[C@@H](NC(=O)CNC(=O)Cc1cccc(F)c1)C(=O)OC. The van der Waals surface area contributed by atoms with Gasteiger partial charge in [0.2, 0.25) is 11.8 Å². The van der Waals surface area contributed by atoms with Crippen LogP contribution in [-0.4, -0.2) is 37.5 Å². The Kier molecular flexibility index (Phi) is 7.88. The fourth-order valence-corrected chi connectivity index (χ4v) is 2.09. The Morgan fingerprint density at radius 3 is 2.54 bits per heavy atom. The molecule has 1 aromatic rings. The van der Waals surface area contributed by atoms with Gasteiger partial charge in [-0.1, -0.05) is 32.4 Å². The smallest absolute Gasteiger partial charge is 0.328 e. The molecule has 0 aliphatic rings. The van der Waals surface area contributed by atoms with Crippen molar-refractivity contribution in [3.63, 3.8) is 0 Å². The highest BCUT2D eigenvalue weighted by Crippen LogP contribution is 2.09. The van der Waals surface area contributed by atoms with Gasteiger partial charge in [0.05, 0.1) is 20.1 Å². The van der Waals surface area contributed by atoms with E-state index in [9.17, 15) is 18.8 Å².